The highest BCUT2D eigenvalue weighted by Gasteiger charge is 2.07. The molecule has 1 heterocycles. The number of hydrogen-bond acceptors (Lipinski definition) is 4. The number of aromatic nitrogens is 2. The quantitative estimate of drug-likeness (QED) is 0.535. The van der Waals surface area contributed by atoms with Crippen LogP contribution in [0.25, 0.3) is 11.0 Å². The van der Waals surface area contributed by atoms with Crippen LogP contribution in [0, 0.1) is 0 Å². The molecule has 0 spiro atoms. The number of carbonyl (C=O) groups excluding carboxylic acids is 1. The second-order valence-electron chi connectivity index (χ2n) is 4.96. The van der Waals surface area contributed by atoms with E-state index in [1.54, 1.807) is 30.2 Å². The van der Waals surface area contributed by atoms with E-state index in [4.69, 9.17) is 4.74 Å². The molecule has 0 aliphatic carbocycles. The lowest BCUT2D eigenvalue weighted by Crippen LogP contribution is -2.10. The first-order chi connectivity index (χ1) is 10.7. The van der Waals surface area contributed by atoms with Gasteiger partial charge in [-0.3, -0.25) is 4.79 Å². The third kappa shape index (κ3) is 3.49. The van der Waals surface area contributed by atoms with Crippen LogP contribution in [-0.4, -0.2) is 21.3 Å². The molecule has 0 saturated carbocycles. The molecule has 5 heteroatoms. The highest BCUT2D eigenvalue weighted by Crippen LogP contribution is 2.20. The van der Waals surface area contributed by atoms with Gasteiger partial charge in [-0.05, 0) is 17.7 Å². The van der Waals surface area contributed by atoms with Crippen molar-refractivity contribution < 1.29 is 9.53 Å². The van der Waals surface area contributed by atoms with Gasteiger partial charge in [-0.2, -0.15) is 0 Å². The van der Waals surface area contributed by atoms with Gasteiger partial charge in [-0.1, -0.05) is 30.3 Å². The Morgan fingerprint density at radius 1 is 1.23 bits per heavy atom. The second kappa shape index (κ2) is 6.66. The Hall–Kier alpha value is -2.27. The molecule has 0 N–H and O–H groups in total. The molecule has 0 saturated heterocycles. The van der Waals surface area contributed by atoms with Gasteiger partial charge in [-0.15, -0.1) is 11.8 Å². The number of imidazole rings is 1. The van der Waals surface area contributed by atoms with Crippen molar-refractivity contribution in [1.82, 2.24) is 9.55 Å². The third-order valence-corrected chi connectivity index (χ3v) is 4.24. The van der Waals surface area contributed by atoms with Crippen LogP contribution in [0.15, 0.2) is 54.9 Å². The Labute approximate surface area is 133 Å². The molecular weight excluding hydrogens is 296 g/mol. The third-order valence-electron chi connectivity index (χ3n) is 3.26. The van der Waals surface area contributed by atoms with Crippen LogP contribution >= 0.6 is 11.8 Å². The minimum absolute atomic E-state index is 0.240. The summed E-state index contributed by atoms with van der Waals surface area (Å²) in [6, 6.07) is 15.6. The van der Waals surface area contributed by atoms with Gasteiger partial charge < -0.3 is 9.30 Å². The summed E-state index contributed by atoms with van der Waals surface area (Å²) in [6.45, 7) is 0. The van der Waals surface area contributed by atoms with Crippen LogP contribution in [0.5, 0.6) is 5.75 Å². The van der Waals surface area contributed by atoms with Gasteiger partial charge in [0.1, 0.15) is 5.75 Å². The second-order valence-corrected chi connectivity index (χ2v) is 5.94. The van der Waals surface area contributed by atoms with Crippen LogP contribution < -0.4 is 4.74 Å². The molecular formula is C17H16N2O2S. The number of hydrogen-bond donors (Lipinski definition) is 0. The number of thioether (sulfide) groups is 1. The lowest BCUT2D eigenvalue weighted by Gasteiger charge is -2.05. The minimum atomic E-state index is -0.240. The van der Waals surface area contributed by atoms with Crippen molar-refractivity contribution in [3.8, 4) is 5.75 Å². The average molecular weight is 312 g/mol. The van der Waals surface area contributed by atoms with E-state index >= 15 is 0 Å². The standard InChI is InChI=1S/C17H16N2O2S/c1-19-12-18-15-9-14(7-8-16(15)19)21-17(20)11-22-10-13-5-3-2-4-6-13/h2-9,12H,10-11H2,1H3. The monoisotopic (exact) mass is 312 g/mol. The molecule has 22 heavy (non-hydrogen) atoms. The van der Waals surface area contributed by atoms with E-state index in [0.29, 0.717) is 11.5 Å². The van der Waals surface area contributed by atoms with Crippen LogP contribution in [-0.2, 0) is 17.6 Å². The molecule has 2 aromatic carbocycles. The molecule has 0 atom stereocenters. The van der Waals surface area contributed by atoms with Gasteiger partial charge >= 0.3 is 5.97 Å². The summed E-state index contributed by atoms with van der Waals surface area (Å²) in [5.74, 6) is 1.43. The zero-order chi connectivity index (χ0) is 15.4. The van der Waals surface area contributed by atoms with Gasteiger partial charge in [0.25, 0.3) is 0 Å². The summed E-state index contributed by atoms with van der Waals surface area (Å²) in [5.41, 5.74) is 3.04. The van der Waals surface area contributed by atoms with E-state index in [1.165, 1.54) is 5.56 Å². The first-order valence-electron chi connectivity index (χ1n) is 6.96. The molecule has 0 amide bonds. The Morgan fingerprint density at radius 2 is 2.05 bits per heavy atom. The smallest absolute Gasteiger partial charge is 0.321 e. The average Bonchev–Trinajstić information content (AvgIpc) is 2.89. The predicted molar refractivity (Wildman–Crippen MR) is 89.0 cm³/mol. The SMILES string of the molecule is Cn1cnc2cc(OC(=O)CSCc3ccccc3)ccc21. The number of ether oxygens (including phenoxy) is 1. The molecule has 0 unspecified atom stereocenters. The topological polar surface area (TPSA) is 44.1 Å². The molecule has 112 valence electrons. The van der Waals surface area contributed by atoms with E-state index in [-0.39, 0.29) is 5.97 Å². The van der Waals surface area contributed by atoms with Crippen molar-refractivity contribution in [3.05, 3.63) is 60.4 Å². The molecule has 1 aromatic heterocycles. The fourth-order valence-corrected chi connectivity index (χ4v) is 2.92. The normalized spacial score (nSPS) is 10.8. The van der Waals surface area contributed by atoms with Crippen LogP contribution in [0.2, 0.25) is 0 Å². The highest BCUT2D eigenvalue weighted by molar-refractivity contribution is 7.99. The fourth-order valence-electron chi connectivity index (χ4n) is 2.17. The van der Waals surface area contributed by atoms with Gasteiger partial charge in [0, 0.05) is 18.9 Å². The van der Waals surface area contributed by atoms with Crippen molar-refractivity contribution in [1.29, 1.82) is 0 Å². The lowest BCUT2D eigenvalue weighted by atomic mass is 10.2. The maximum atomic E-state index is 11.9. The van der Waals surface area contributed by atoms with E-state index in [2.05, 4.69) is 4.98 Å². The lowest BCUT2D eigenvalue weighted by molar-refractivity contribution is -0.131. The van der Waals surface area contributed by atoms with Crippen LogP contribution in [0.4, 0.5) is 0 Å². The molecule has 0 aliphatic rings. The summed E-state index contributed by atoms with van der Waals surface area (Å²) in [4.78, 5) is 16.1. The van der Waals surface area contributed by atoms with E-state index in [0.717, 1.165) is 16.8 Å². The Kier molecular flexibility index (Phi) is 4.44. The predicted octanol–water partition coefficient (Wildman–Crippen LogP) is 3.41. The molecule has 3 aromatic rings. The van der Waals surface area contributed by atoms with Crippen molar-refractivity contribution in [2.45, 2.75) is 5.75 Å². The molecule has 0 fully saturated rings. The Morgan fingerprint density at radius 3 is 2.86 bits per heavy atom. The summed E-state index contributed by atoms with van der Waals surface area (Å²) in [5, 5.41) is 0. The van der Waals surface area contributed by atoms with Gasteiger partial charge in [0.15, 0.2) is 0 Å². The number of nitrogens with zero attached hydrogens (tertiary/aromatic N) is 2. The summed E-state index contributed by atoms with van der Waals surface area (Å²) in [6.07, 6.45) is 1.74. The molecule has 4 nitrogen and oxygen atoms in total. The highest BCUT2D eigenvalue weighted by atomic mass is 32.2. The number of fused-ring (bicyclic) bond motifs is 1. The maximum Gasteiger partial charge on any atom is 0.321 e. The van der Waals surface area contributed by atoms with Crippen molar-refractivity contribution in [3.63, 3.8) is 0 Å². The number of benzene rings is 2. The summed E-state index contributed by atoms with van der Waals surface area (Å²) < 4.78 is 7.29. The number of carbonyl (C=O) groups is 1. The van der Waals surface area contributed by atoms with Crippen molar-refractivity contribution >= 4 is 28.8 Å². The Balaban J connectivity index is 1.54. The van der Waals surface area contributed by atoms with Crippen molar-refractivity contribution in [2.75, 3.05) is 5.75 Å². The first kappa shape index (κ1) is 14.7. The Bertz CT molecular complexity index is 784. The molecule has 0 aliphatic heterocycles. The first-order valence-corrected chi connectivity index (χ1v) is 8.11. The number of rotatable bonds is 5. The van der Waals surface area contributed by atoms with Crippen LogP contribution in [0.3, 0.4) is 0 Å². The van der Waals surface area contributed by atoms with Gasteiger partial charge in [-0.25, -0.2) is 4.98 Å². The zero-order valence-electron chi connectivity index (χ0n) is 12.2. The van der Waals surface area contributed by atoms with E-state index in [9.17, 15) is 4.79 Å². The number of esters is 1. The molecule has 0 bridgehead atoms. The van der Waals surface area contributed by atoms with E-state index < -0.39 is 0 Å². The molecule has 3 rings (SSSR count). The molecule has 0 radical (unpaired) electrons. The zero-order valence-corrected chi connectivity index (χ0v) is 13.0. The fraction of sp³-hybridized carbons (Fsp3) is 0.176. The summed E-state index contributed by atoms with van der Waals surface area (Å²) >= 11 is 1.55. The minimum Gasteiger partial charge on any atom is -0.426 e. The van der Waals surface area contributed by atoms with Crippen molar-refractivity contribution in [2.24, 2.45) is 7.05 Å². The largest absolute Gasteiger partial charge is 0.426 e. The maximum absolute atomic E-state index is 11.9. The van der Waals surface area contributed by atoms with Gasteiger partial charge in [0.2, 0.25) is 0 Å². The number of aryl methyl sites for hydroxylation is 1. The van der Waals surface area contributed by atoms with Crippen LogP contribution in [0.1, 0.15) is 5.56 Å². The van der Waals surface area contributed by atoms with E-state index in [1.807, 2.05) is 48.0 Å². The van der Waals surface area contributed by atoms with Gasteiger partial charge in [0.05, 0.1) is 23.1 Å². The summed E-state index contributed by atoms with van der Waals surface area (Å²) in [7, 11) is 1.93.